The van der Waals surface area contributed by atoms with Crippen molar-refractivity contribution in [3.8, 4) is 11.3 Å². The molecule has 5 rings (SSSR count). The normalized spacial score (nSPS) is 15.3. The summed E-state index contributed by atoms with van der Waals surface area (Å²) in [5, 5.41) is 0.765. The third-order valence-corrected chi connectivity index (χ3v) is 8.93. The summed E-state index contributed by atoms with van der Waals surface area (Å²) in [4.78, 5) is 16.5. The van der Waals surface area contributed by atoms with E-state index in [0.29, 0.717) is 43.2 Å². The standard InChI is InChI=1S/C28H20Cl2F4N4O3S/c1-36-27(39)16-38(42(36,40)41)21-8-2-17(3-9-21)14-37-15-25(22-10-7-20(29)13-23(22)30)35-26(37)11-5-18-4-6-19(12-24(18)31)28(32,33)34/h2-13,15H,14,16H2,1H3. The molecule has 7 nitrogen and oxygen atoms in total. The van der Waals surface area contributed by atoms with Crippen molar-refractivity contribution in [2.45, 2.75) is 12.7 Å². The van der Waals surface area contributed by atoms with Crippen LogP contribution in [0, 0.1) is 5.82 Å². The zero-order valence-corrected chi connectivity index (χ0v) is 23.9. The van der Waals surface area contributed by atoms with Crippen molar-refractivity contribution in [3.63, 3.8) is 0 Å². The van der Waals surface area contributed by atoms with Crippen molar-refractivity contribution in [3.05, 3.63) is 105 Å². The maximum absolute atomic E-state index is 14.5. The highest BCUT2D eigenvalue weighted by Gasteiger charge is 2.40. The Balaban J connectivity index is 1.48. The Kier molecular flexibility index (Phi) is 7.82. The van der Waals surface area contributed by atoms with Gasteiger partial charge >= 0.3 is 16.4 Å². The average molecular weight is 639 g/mol. The fraction of sp³-hybridized carbons (Fsp3) is 0.143. The number of carbonyl (C=O) groups is 1. The van der Waals surface area contributed by atoms with E-state index < -0.39 is 33.7 Å². The molecule has 1 aliphatic heterocycles. The minimum absolute atomic E-state index is 0.0701. The molecule has 3 aromatic carbocycles. The van der Waals surface area contributed by atoms with Gasteiger partial charge in [0.2, 0.25) is 0 Å². The molecule has 0 unspecified atom stereocenters. The fourth-order valence-electron chi connectivity index (χ4n) is 4.29. The minimum atomic E-state index is -4.67. The van der Waals surface area contributed by atoms with E-state index in [2.05, 4.69) is 4.98 Å². The van der Waals surface area contributed by atoms with Gasteiger partial charge in [-0.1, -0.05) is 41.4 Å². The van der Waals surface area contributed by atoms with E-state index in [9.17, 15) is 30.8 Å². The second kappa shape index (κ2) is 11.1. The number of anilines is 1. The van der Waals surface area contributed by atoms with Gasteiger partial charge in [0, 0.05) is 35.9 Å². The molecule has 1 fully saturated rings. The summed E-state index contributed by atoms with van der Waals surface area (Å²) in [6.45, 7) is -0.0698. The number of imidazole rings is 1. The van der Waals surface area contributed by atoms with E-state index in [-0.39, 0.29) is 18.7 Å². The molecule has 0 atom stereocenters. The quantitative estimate of drug-likeness (QED) is 0.219. The molecular weight excluding hydrogens is 619 g/mol. The number of carbonyl (C=O) groups excluding carboxylic acids is 1. The highest BCUT2D eigenvalue weighted by atomic mass is 35.5. The molecule has 1 saturated heterocycles. The maximum Gasteiger partial charge on any atom is 0.416 e. The van der Waals surface area contributed by atoms with Gasteiger partial charge in [-0.3, -0.25) is 4.79 Å². The number of halogens is 6. The number of benzene rings is 3. The van der Waals surface area contributed by atoms with Gasteiger partial charge in [-0.15, -0.1) is 0 Å². The van der Waals surface area contributed by atoms with E-state index in [0.717, 1.165) is 22.0 Å². The number of likely N-dealkylation sites (N-methyl/N-ethyl adjacent to an activating group) is 1. The first-order chi connectivity index (χ1) is 19.7. The van der Waals surface area contributed by atoms with Crippen LogP contribution in [-0.2, 0) is 27.7 Å². The molecule has 0 bridgehead atoms. The molecule has 2 heterocycles. The molecule has 0 radical (unpaired) electrons. The van der Waals surface area contributed by atoms with Crippen molar-refractivity contribution in [2.24, 2.45) is 0 Å². The number of rotatable bonds is 6. The highest BCUT2D eigenvalue weighted by molar-refractivity contribution is 7.91. The SMILES string of the molecule is CN1C(=O)CN(c2ccc(Cn3cc(-c4ccc(Cl)cc4Cl)nc3C=Cc3ccc(C(F)(F)F)cc3F)cc2)S1(=O)=O. The molecule has 1 aromatic heterocycles. The number of amides is 1. The molecule has 0 aliphatic carbocycles. The lowest BCUT2D eigenvalue weighted by atomic mass is 10.1. The summed E-state index contributed by atoms with van der Waals surface area (Å²) < 4.78 is 81.7. The second-order valence-corrected chi connectivity index (χ2v) is 12.1. The van der Waals surface area contributed by atoms with Crippen LogP contribution in [0.3, 0.4) is 0 Å². The third-order valence-electron chi connectivity index (χ3n) is 6.59. The molecule has 218 valence electrons. The highest BCUT2D eigenvalue weighted by Crippen LogP contribution is 2.32. The van der Waals surface area contributed by atoms with Crippen LogP contribution in [0.15, 0.2) is 66.9 Å². The first kappa shape index (κ1) is 29.6. The van der Waals surface area contributed by atoms with E-state index in [1.165, 1.54) is 19.2 Å². The zero-order valence-electron chi connectivity index (χ0n) is 21.6. The summed E-state index contributed by atoms with van der Waals surface area (Å²) in [6, 6.07) is 13.6. The summed E-state index contributed by atoms with van der Waals surface area (Å²) in [5.41, 5.74) is 0.910. The molecule has 1 amide bonds. The first-order valence-electron chi connectivity index (χ1n) is 12.2. The van der Waals surface area contributed by atoms with Crippen LogP contribution in [-0.4, -0.2) is 41.8 Å². The van der Waals surface area contributed by atoms with E-state index in [1.54, 1.807) is 53.2 Å². The Bertz CT molecular complexity index is 1820. The van der Waals surface area contributed by atoms with Crippen molar-refractivity contribution >= 4 is 57.2 Å². The molecular formula is C28H20Cl2F4N4O3S. The second-order valence-electron chi connectivity index (χ2n) is 9.35. The van der Waals surface area contributed by atoms with E-state index >= 15 is 0 Å². The lowest BCUT2D eigenvalue weighted by molar-refractivity contribution is -0.137. The Morgan fingerprint density at radius 2 is 1.71 bits per heavy atom. The van der Waals surface area contributed by atoms with Gasteiger partial charge in [0.15, 0.2) is 0 Å². The third kappa shape index (κ3) is 5.87. The predicted molar refractivity (Wildman–Crippen MR) is 153 cm³/mol. The topological polar surface area (TPSA) is 75.5 Å². The number of nitrogens with zero attached hydrogens (tertiary/aromatic N) is 4. The van der Waals surface area contributed by atoms with Gasteiger partial charge in [0.1, 0.15) is 18.2 Å². The van der Waals surface area contributed by atoms with Gasteiger partial charge in [-0.05, 0) is 60.2 Å². The first-order valence-corrected chi connectivity index (χ1v) is 14.3. The molecule has 0 N–H and O–H groups in total. The van der Waals surface area contributed by atoms with Crippen LogP contribution in [0.25, 0.3) is 23.4 Å². The van der Waals surface area contributed by atoms with Crippen molar-refractivity contribution < 1.29 is 30.8 Å². The van der Waals surface area contributed by atoms with E-state index in [4.69, 9.17) is 23.2 Å². The summed E-state index contributed by atoms with van der Waals surface area (Å²) in [7, 11) is -2.76. The molecule has 0 saturated carbocycles. The summed E-state index contributed by atoms with van der Waals surface area (Å²) in [5.74, 6) is -1.25. The Morgan fingerprint density at radius 3 is 2.31 bits per heavy atom. The Labute approximate surface area is 248 Å². The monoisotopic (exact) mass is 638 g/mol. The molecule has 1 aliphatic rings. The Hall–Kier alpha value is -3.87. The Morgan fingerprint density at radius 1 is 1.00 bits per heavy atom. The molecule has 42 heavy (non-hydrogen) atoms. The lowest BCUT2D eigenvalue weighted by Gasteiger charge is -2.17. The minimum Gasteiger partial charge on any atom is -0.326 e. The molecule has 4 aromatic rings. The van der Waals surface area contributed by atoms with Gasteiger partial charge in [0.05, 0.1) is 22.0 Å². The number of alkyl halides is 3. The van der Waals surface area contributed by atoms with Crippen LogP contribution in [0.5, 0.6) is 0 Å². The molecule has 0 spiro atoms. The van der Waals surface area contributed by atoms with E-state index in [1.807, 2.05) is 0 Å². The van der Waals surface area contributed by atoms with Crippen LogP contribution in [0.2, 0.25) is 10.0 Å². The van der Waals surface area contributed by atoms with Crippen molar-refractivity contribution in [1.29, 1.82) is 0 Å². The number of hydrogen-bond acceptors (Lipinski definition) is 4. The largest absolute Gasteiger partial charge is 0.416 e. The number of hydrogen-bond donors (Lipinski definition) is 0. The zero-order chi connectivity index (χ0) is 30.4. The summed E-state index contributed by atoms with van der Waals surface area (Å²) >= 11 is 12.4. The van der Waals surface area contributed by atoms with Crippen LogP contribution >= 0.6 is 23.2 Å². The van der Waals surface area contributed by atoms with Crippen molar-refractivity contribution in [1.82, 2.24) is 13.9 Å². The van der Waals surface area contributed by atoms with Crippen molar-refractivity contribution in [2.75, 3.05) is 17.9 Å². The fourth-order valence-corrected chi connectivity index (χ4v) is 6.07. The lowest BCUT2D eigenvalue weighted by Crippen LogP contribution is -2.31. The number of aromatic nitrogens is 2. The van der Waals surface area contributed by atoms with Crippen LogP contribution in [0.1, 0.15) is 22.5 Å². The van der Waals surface area contributed by atoms with Crippen LogP contribution < -0.4 is 4.31 Å². The van der Waals surface area contributed by atoms with Crippen LogP contribution in [0.4, 0.5) is 23.2 Å². The van der Waals surface area contributed by atoms with Gasteiger partial charge < -0.3 is 4.57 Å². The van der Waals surface area contributed by atoms with Gasteiger partial charge in [0.25, 0.3) is 5.91 Å². The maximum atomic E-state index is 14.5. The smallest absolute Gasteiger partial charge is 0.326 e. The van der Waals surface area contributed by atoms with Gasteiger partial charge in [-0.2, -0.15) is 21.6 Å². The predicted octanol–water partition coefficient (Wildman–Crippen LogP) is 6.76. The summed E-state index contributed by atoms with van der Waals surface area (Å²) in [6.07, 6.45) is -0.196. The van der Waals surface area contributed by atoms with Gasteiger partial charge in [-0.25, -0.2) is 18.0 Å². The average Bonchev–Trinajstić information content (AvgIpc) is 3.40. The molecule has 14 heteroatoms.